The Labute approximate surface area is 195 Å². The number of hydrogen-bond acceptors (Lipinski definition) is 1. The van der Waals surface area contributed by atoms with Gasteiger partial charge in [-0.05, 0) is 48.5 Å². The van der Waals surface area contributed by atoms with Crippen LogP contribution in [-0.4, -0.2) is 11.1 Å². The van der Waals surface area contributed by atoms with E-state index in [4.69, 9.17) is 5.11 Å². The number of carboxylic acids is 1. The Hall–Kier alpha value is -2.74. The zero-order chi connectivity index (χ0) is 21.2. The van der Waals surface area contributed by atoms with Crippen molar-refractivity contribution in [1.29, 1.82) is 0 Å². The van der Waals surface area contributed by atoms with Crippen LogP contribution in [0.4, 0.5) is 0 Å². The third-order valence-corrected chi connectivity index (χ3v) is 9.17. The van der Waals surface area contributed by atoms with Gasteiger partial charge in [0.15, 0.2) is 0 Å². The zero-order valence-electron chi connectivity index (χ0n) is 17.4. The quantitative estimate of drug-likeness (QED) is 0.431. The van der Waals surface area contributed by atoms with Gasteiger partial charge in [0.2, 0.25) is 0 Å². The van der Waals surface area contributed by atoms with Crippen LogP contribution >= 0.6 is 7.26 Å². The molecule has 0 unspecified atom stereocenters. The van der Waals surface area contributed by atoms with Gasteiger partial charge in [-0.2, -0.15) is 0 Å². The van der Waals surface area contributed by atoms with Gasteiger partial charge in [0.25, 0.3) is 0 Å². The maximum atomic E-state index is 9.37. The summed E-state index contributed by atoms with van der Waals surface area (Å²) in [4.78, 5) is 9.37. The largest absolute Gasteiger partial charge is 1.00 e. The monoisotopic (exact) mass is 492 g/mol. The molecule has 1 N–H and O–H groups in total. The molecule has 4 aromatic carbocycles. The van der Waals surface area contributed by atoms with Crippen molar-refractivity contribution < 1.29 is 26.9 Å². The molecule has 0 saturated heterocycles. The lowest BCUT2D eigenvalue weighted by molar-refractivity contribution is -0.136. The molecule has 158 valence electrons. The molecule has 0 aliphatic carbocycles. The van der Waals surface area contributed by atoms with Gasteiger partial charge in [-0.3, -0.25) is 4.79 Å². The van der Waals surface area contributed by atoms with Crippen molar-refractivity contribution in [2.45, 2.75) is 13.3 Å². The number of carboxylic acid groups (broad SMARTS) is 1. The van der Waals surface area contributed by atoms with Crippen molar-refractivity contribution in [1.82, 2.24) is 0 Å². The minimum Gasteiger partial charge on any atom is -1.00 e. The van der Waals surface area contributed by atoms with Gasteiger partial charge in [-0.15, -0.1) is 0 Å². The minimum atomic E-state index is -1.91. The average molecular weight is 493 g/mol. The summed E-state index contributed by atoms with van der Waals surface area (Å²) in [6.45, 7) is 1.60. The van der Waals surface area contributed by atoms with E-state index in [-0.39, 0.29) is 23.4 Å². The third kappa shape index (κ3) is 5.70. The Kier molecular flexibility index (Phi) is 9.65. The normalized spacial score (nSPS) is 10.2. The smallest absolute Gasteiger partial charge is 0.303 e. The lowest BCUT2D eigenvalue weighted by atomic mass is 10.3. The third-order valence-electron chi connectivity index (χ3n) is 4.88. The van der Waals surface area contributed by atoms with E-state index in [1.165, 1.54) is 21.2 Å². The molecule has 0 radical (unpaired) electrons. The number of carbonyl (C=O) groups is 1. The second-order valence-electron chi connectivity index (χ2n) is 6.76. The fourth-order valence-corrected chi connectivity index (χ4v) is 7.77. The van der Waals surface area contributed by atoms with E-state index in [9.17, 15) is 4.79 Å². The van der Waals surface area contributed by atoms with Gasteiger partial charge in [0.1, 0.15) is 28.5 Å². The van der Waals surface area contributed by atoms with Crippen LogP contribution in [0.1, 0.15) is 13.3 Å². The van der Waals surface area contributed by atoms with Crippen molar-refractivity contribution >= 4 is 34.4 Å². The molecule has 0 amide bonds. The standard InChI is InChI=1S/C24H20P.C3H6O2.BrH/c1-5-13-21(14-6-1)25(22-15-7-2-8-16-22,23-17-9-3-10-18-23)24-19-11-4-12-20-24;1-2-3(4)5;/h1-20H;2H2,1H3,(H,4,5);1H/q+1;;/p-1. The summed E-state index contributed by atoms with van der Waals surface area (Å²) in [6.07, 6.45) is 0.222. The van der Waals surface area contributed by atoms with Crippen molar-refractivity contribution in [3.63, 3.8) is 0 Å². The van der Waals surface area contributed by atoms with Crippen molar-refractivity contribution in [3.8, 4) is 0 Å². The highest BCUT2D eigenvalue weighted by molar-refractivity contribution is 8.01. The number of hydrogen-bond donors (Lipinski definition) is 1. The van der Waals surface area contributed by atoms with E-state index in [1.54, 1.807) is 6.92 Å². The molecule has 0 atom stereocenters. The molecule has 0 aliphatic heterocycles. The Balaban J connectivity index is 0.000000514. The van der Waals surface area contributed by atoms with Gasteiger partial charge in [-0.1, -0.05) is 79.7 Å². The first-order valence-corrected chi connectivity index (χ1v) is 11.8. The lowest BCUT2D eigenvalue weighted by Gasteiger charge is -2.27. The molecule has 0 aliphatic rings. The van der Waals surface area contributed by atoms with Crippen LogP contribution in [0.3, 0.4) is 0 Å². The highest BCUT2D eigenvalue weighted by Crippen LogP contribution is 2.53. The summed E-state index contributed by atoms with van der Waals surface area (Å²) in [5.74, 6) is -0.745. The molecular weight excluding hydrogens is 467 g/mol. The summed E-state index contributed by atoms with van der Waals surface area (Å²) in [5, 5.41) is 13.3. The van der Waals surface area contributed by atoms with Crippen LogP contribution < -0.4 is 38.2 Å². The maximum absolute atomic E-state index is 9.37. The minimum absolute atomic E-state index is 0. The van der Waals surface area contributed by atoms with Crippen LogP contribution in [-0.2, 0) is 4.79 Å². The van der Waals surface area contributed by atoms with E-state index in [1.807, 2.05) is 0 Å². The molecule has 0 spiro atoms. The van der Waals surface area contributed by atoms with E-state index in [2.05, 4.69) is 121 Å². The van der Waals surface area contributed by atoms with E-state index in [0.29, 0.717) is 0 Å². The van der Waals surface area contributed by atoms with Gasteiger partial charge >= 0.3 is 5.97 Å². The Bertz CT molecular complexity index is 876. The number of halogens is 1. The summed E-state index contributed by atoms with van der Waals surface area (Å²) in [7, 11) is -1.91. The van der Waals surface area contributed by atoms with Gasteiger partial charge in [0, 0.05) is 6.42 Å². The van der Waals surface area contributed by atoms with Crippen LogP contribution in [0.2, 0.25) is 0 Å². The number of rotatable bonds is 5. The van der Waals surface area contributed by atoms with Crippen LogP contribution in [0.5, 0.6) is 0 Å². The molecule has 4 rings (SSSR count). The number of benzene rings is 4. The van der Waals surface area contributed by atoms with Crippen LogP contribution in [0.25, 0.3) is 0 Å². The topological polar surface area (TPSA) is 37.3 Å². The van der Waals surface area contributed by atoms with Crippen LogP contribution in [0, 0.1) is 0 Å². The fraction of sp³-hybridized carbons (Fsp3) is 0.0741. The Morgan fingerprint density at radius 1 is 0.581 bits per heavy atom. The Morgan fingerprint density at radius 2 is 0.774 bits per heavy atom. The molecule has 0 saturated carbocycles. The van der Waals surface area contributed by atoms with Crippen molar-refractivity contribution in [2.24, 2.45) is 0 Å². The highest BCUT2D eigenvalue weighted by Gasteiger charge is 2.47. The first-order chi connectivity index (χ1) is 14.7. The number of aliphatic carboxylic acids is 1. The summed E-state index contributed by atoms with van der Waals surface area (Å²) < 4.78 is 0. The first-order valence-electron chi connectivity index (χ1n) is 10.0. The molecule has 31 heavy (non-hydrogen) atoms. The van der Waals surface area contributed by atoms with Crippen molar-refractivity contribution in [3.05, 3.63) is 121 Å². The molecular formula is C27H26BrO2P. The molecule has 0 bridgehead atoms. The van der Waals surface area contributed by atoms with E-state index < -0.39 is 13.2 Å². The molecule has 0 fully saturated rings. The summed E-state index contributed by atoms with van der Waals surface area (Å²) >= 11 is 0. The van der Waals surface area contributed by atoms with E-state index in [0.717, 1.165) is 0 Å². The summed E-state index contributed by atoms with van der Waals surface area (Å²) in [6, 6.07) is 43.8. The highest BCUT2D eigenvalue weighted by atomic mass is 79.9. The van der Waals surface area contributed by atoms with Crippen LogP contribution in [0.15, 0.2) is 121 Å². The van der Waals surface area contributed by atoms with Crippen molar-refractivity contribution in [2.75, 3.05) is 0 Å². The molecule has 0 aromatic heterocycles. The predicted octanol–water partition coefficient (Wildman–Crippen LogP) is 1.79. The van der Waals surface area contributed by atoms with E-state index >= 15 is 0 Å². The van der Waals surface area contributed by atoms with Gasteiger partial charge in [0.05, 0.1) is 0 Å². The molecule has 4 aromatic rings. The molecule has 4 heteroatoms. The second-order valence-corrected chi connectivity index (χ2v) is 10.2. The summed E-state index contributed by atoms with van der Waals surface area (Å²) in [5.41, 5.74) is 0. The van der Waals surface area contributed by atoms with Gasteiger partial charge in [-0.25, -0.2) is 0 Å². The van der Waals surface area contributed by atoms with Gasteiger partial charge < -0.3 is 22.1 Å². The average Bonchev–Trinajstić information content (AvgIpc) is 2.83. The molecule has 2 nitrogen and oxygen atoms in total. The zero-order valence-corrected chi connectivity index (χ0v) is 19.9. The first kappa shape index (κ1) is 24.5. The predicted molar refractivity (Wildman–Crippen MR) is 129 cm³/mol. The SMILES string of the molecule is CCC(=O)O.[Br-].c1ccc([P+](c2ccccc2)(c2ccccc2)c2ccccc2)cc1. The molecule has 0 heterocycles. The fourth-order valence-electron chi connectivity index (χ4n) is 3.50. The lowest BCUT2D eigenvalue weighted by Crippen LogP contribution is -3.00. The second kappa shape index (κ2) is 12.2. The Morgan fingerprint density at radius 3 is 0.935 bits per heavy atom. The maximum Gasteiger partial charge on any atom is 0.303 e.